The Bertz CT molecular complexity index is 447. The van der Waals surface area contributed by atoms with Crippen LogP contribution in [-0.2, 0) is 4.79 Å². The van der Waals surface area contributed by atoms with Gasteiger partial charge in [0, 0.05) is 24.8 Å². The van der Waals surface area contributed by atoms with Crippen LogP contribution >= 0.6 is 0 Å². The van der Waals surface area contributed by atoms with Gasteiger partial charge in [0.05, 0.1) is 6.61 Å². The lowest BCUT2D eigenvalue weighted by molar-refractivity contribution is -0.131. The lowest BCUT2D eigenvalue weighted by atomic mass is 10.2. The lowest BCUT2D eigenvalue weighted by Crippen LogP contribution is -2.41. The second-order valence-corrected chi connectivity index (χ2v) is 4.45. The fourth-order valence-corrected chi connectivity index (χ4v) is 1.98. The molecule has 0 heterocycles. The van der Waals surface area contributed by atoms with Crippen LogP contribution in [0.1, 0.15) is 27.7 Å². The molecular formula is C15H23FN2O2. The summed E-state index contributed by atoms with van der Waals surface area (Å²) in [5.41, 5.74) is 0.568. The molecule has 1 unspecified atom stereocenters. The minimum Gasteiger partial charge on any atom is -0.491 e. The Morgan fingerprint density at radius 2 is 2.00 bits per heavy atom. The predicted octanol–water partition coefficient (Wildman–Crippen LogP) is 2.89. The Kier molecular flexibility index (Phi) is 6.28. The van der Waals surface area contributed by atoms with Gasteiger partial charge in [-0.3, -0.25) is 4.79 Å². The fourth-order valence-electron chi connectivity index (χ4n) is 1.98. The number of nitrogens with zero attached hydrogens (tertiary/aromatic N) is 1. The van der Waals surface area contributed by atoms with Crippen LogP contribution in [0, 0.1) is 5.82 Å². The maximum atomic E-state index is 13.7. The summed E-state index contributed by atoms with van der Waals surface area (Å²) < 4.78 is 18.9. The van der Waals surface area contributed by atoms with E-state index in [4.69, 9.17) is 4.74 Å². The molecule has 1 aromatic rings. The Morgan fingerprint density at radius 3 is 2.50 bits per heavy atom. The van der Waals surface area contributed by atoms with E-state index in [-0.39, 0.29) is 11.7 Å². The summed E-state index contributed by atoms with van der Waals surface area (Å²) in [5.74, 6) is -0.204. The highest BCUT2D eigenvalue weighted by atomic mass is 19.1. The molecule has 112 valence electrons. The van der Waals surface area contributed by atoms with Gasteiger partial charge in [-0.05, 0) is 39.8 Å². The van der Waals surface area contributed by atoms with E-state index in [1.54, 1.807) is 30.9 Å². The monoisotopic (exact) mass is 282 g/mol. The highest BCUT2D eigenvalue weighted by Gasteiger charge is 2.18. The summed E-state index contributed by atoms with van der Waals surface area (Å²) in [6, 6.07) is 4.22. The topological polar surface area (TPSA) is 41.6 Å². The number of ether oxygens (including phenoxy) is 1. The number of rotatable bonds is 7. The van der Waals surface area contributed by atoms with Crippen molar-refractivity contribution >= 4 is 11.6 Å². The number of hydrogen-bond donors (Lipinski definition) is 1. The molecule has 0 radical (unpaired) electrons. The van der Waals surface area contributed by atoms with E-state index in [2.05, 4.69) is 5.32 Å². The number of carbonyl (C=O) groups excluding carboxylic acids is 1. The van der Waals surface area contributed by atoms with Crippen LogP contribution in [0.5, 0.6) is 5.75 Å². The standard InChI is InChI=1S/C15H23FN2O2/c1-5-18(6-2)15(19)11(4)17-12-8-9-14(20-7-3)13(16)10-12/h8-11,17H,5-7H2,1-4H3. The molecular weight excluding hydrogens is 259 g/mol. The van der Waals surface area contributed by atoms with E-state index in [0.717, 1.165) is 0 Å². The SMILES string of the molecule is CCOc1ccc(NC(C)C(=O)N(CC)CC)cc1F. The molecule has 20 heavy (non-hydrogen) atoms. The van der Waals surface area contributed by atoms with Gasteiger partial charge < -0.3 is 15.0 Å². The van der Waals surface area contributed by atoms with Crippen LogP contribution in [0.3, 0.4) is 0 Å². The third-order valence-electron chi connectivity index (χ3n) is 3.06. The van der Waals surface area contributed by atoms with Crippen molar-refractivity contribution in [3.8, 4) is 5.75 Å². The number of carbonyl (C=O) groups is 1. The van der Waals surface area contributed by atoms with E-state index in [1.807, 2.05) is 13.8 Å². The van der Waals surface area contributed by atoms with E-state index in [9.17, 15) is 9.18 Å². The van der Waals surface area contributed by atoms with Crippen molar-refractivity contribution in [3.63, 3.8) is 0 Å². The minimum atomic E-state index is -0.431. The largest absolute Gasteiger partial charge is 0.491 e. The number of nitrogens with one attached hydrogen (secondary N) is 1. The molecule has 0 aliphatic rings. The van der Waals surface area contributed by atoms with Crippen molar-refractivity contribution in [1.82, 2.24) is 4.90 Å². The lowest BCUT2D eigenvalue weighted by Gasteiger charge is -2.24. The number of halogens is 1. The molecule has 5 heteroatoms. The molecule has 0 fully saturated rings. The second kappa shape index (κ2) is 7.72. The average Bonchev–Trinajstić information content (AvgIpc) is 2.43. The summed E-state index contributed by atoms with van der Waals surface area (Å²) >= 11 is 0. The first kappa shape index (κ1) is 16.3. The molecule has 4 nitrogen and oxygen atoms in total. The zero-order valence-electron chi connectivity index (χ0n) is 12.6. The maximum absolute atomic E-state index is 13.7. The van der Waals surface area contributed by atoms with Gasteiger partial charge in [0.15, 0.2) is 11.6 Å². The van der Waals surface area contributed by atoms with Gasteiger partial charge in [-0.2, -0.15) is 0 Å². The first-order valence-corrected chi connectivity index (χ1v) is 7.01. The Hall–Kier alpha value is -1.78. The highest BCUT2D eigenvalue weighted by molar-refractivity contribution is 5.84. The van der Waals surface area contributed by atoms with Gasteiger partial charge in [0.2, 0.25) is 5.91 Å². The van der Waals surface area contributed by atoms with E-state index >= 15 is 0 Å². The molecule has 1 N–H and O–H groups in total. The number of hydrogen-bond acceptors (Lipinski definition) is 3. The van der Waals surface area contributed by atoms with Crippen molar-refractivity contribution in [3.05, 3.63) is 24.0 Å². The summed E-state index contributed by atoms with van der Waals surface area (Å²) in [5, 5.41) is 3.01. The predicted molar refractivity (Wildman–Crippen MR) is 78.6 cm³/mol. The van der Waals surface area contributed by atoms with Gasteiger partial charge >= 0.3 is 0 Å². The quantitative estimate of drug-likeness (QED) is 0.836. The van der Waals surface area contributed by atoms with Gasteiger partial charge in [0.25, 0.3) is 0 Å². The molecule has 0 spiro atoms. The third kappa shape index (κ3) is 4.11. The fraction of sp³-hybridized carbons (Fsp3) is 0.533. The van der Waals surface area contributed by atoms with Gasteiger partial charge in [-0.1, -0.05) is 0 Å². The molecule has 1 aromatic carbocycles. The number of anilines is 1. The van der Waals surface area contributed by atoms with Crippen molar-refractivity contribution in [2.24, 2.45) is 0 Å². The number of likely N-dealkylation sites (N-methyl/N-ethyl adjacent to an activating group) is 1. The summed E-state index contributed by atoms with van der Waals surface area (Å²) in [6.07, 6.45) is 0. The Labute approximate surface area is 119 Å². The zero-order chi connectivity index (χ0) is 15.1. The van der Waals surface area contributed by atoms with Crippen LogP contribution in [0.2, 0.25) is 0 Å². The normalized spacial score (nSPS) is 11.8. The average molecular weight is 282 g/mol. The molecule has 0 bridgehead atoms. The number of benzene rings is 1. The Balaban J connectivity index is 2.73. The Morgan fingerprint density at radius 1 is 1.35 bits per heavy atom. The van der Waals surface area contributed by atoms with Crippen molar-refractivity contribution in [2.75, 3.05) is 25.0 Å². The van der Waals surface area contributed by atoms with Crippen LogP contribution < -0.4 is 10.1 Å². The van der Waals surface area contributed by atoms with E-state index in [1.165, 1.54) is 6.07 Å². The molecule has 1 amide bonds. The molecule has 0 aliphatic heterocycles. The second-order valence-electron chi connectivity index (χ2n) is 4.45. The van der Waals surface area contributed by atoms with Gasteiger partial charge in [-0.25, -0.2) is 4.39 Å². The molecule has 1 rings (SSSR count). The van der Waals surface area contributed by atoms with E-state index in [0.29, 0.717) is 25.4 Å². The van der Waals surface area contributed by atoms with Crippen molar-refractivity contribution < 1.29 is 13.9 Å². The van der Waals surface area contributed by atoms with Crippen LogP contribution in [-0.4, -0.2) is 36.5 Å². The van der Waals surface area contributed by atoms with E-state index < -0.39 is 11.9 Å². The van der Waals surface area contributed by atoms with Crippen LogP contribution in [0.25, 0.3) is 0 Å². The summed E-state index contributed by atoms with van der Waals surface area (Å²) in [6.45, 7) is 9.19. The van der Waals surface area contributed by atoms with Crippen molar-refractivity contribution in [2.45, 2.75) is 33.7 Å². The molecule has 0 saturated carbocycles. The van der Waals surface area contributed by atoms with Crippen molar-refractivity contribution in [1.29, 1.82) is 0 Å². The third-order valence-corrected chi connectivity index (χ3v) is 3.06. The molecule has 0 aromatic heterocycles. The molecule has 1 atom stereocenters. The zero-order valence-corrected chi connectivity index (χ0v) is 12.6. The first-order chi connectivity index (χ1) is 9.53. The van der Waals surface area contributed by atoms with Gasteiger partial charge in [-0.15, -0.1) is 0 Å². The number of amides is 1. The van der Waals surface area contributed by atoms with Crippen LogP contribution in [0.15, 0.2) is 18.2 Å². The van der Waals surface area contributed by atoms with Gasteiger partial charge in [0.1, 0.15) is 6.04 Å². The van der Waals surface area contributed by atoms with Crippen LogP contribution in [0.4, 0.5) is 10.1 Å². The molecule has 0 saturated heterocycles. The minimum absolute atomic E-state index is 0.00397. The summed E-state index contributed by atoms with van der Waals surface area (Å²) in [7, 11) is 0. The first-order valence-electron chi connectivity index (χ1n) is 7.01. The highest BCUT2D eigenvalue weighted by Crippen LogP contribution is 2.21. The smallest absolute Gasteiger partial charge is 0.244 e. The molecule has 0 aliphatic carbocycles. The summed E-state index contributed by atoms with van der Waals surface area (Å²) in [4.78, 5) is 13.8. The maximum Gasteiger partial charge on any atom is 0.244 e.